The summed E-state index contributed by atoms with van der Waals surface area (Å²) in [5.41, 5.74) is 6.22. The summed E-state index contributed by atoms with van der Waals surface area (Å²) in [6, 6.07) is 7.56. The Morgan fingerprint density at radius 3 is 2.73 bits per heavy atom. The molecule has 1 aromatic carbocycles. The first-order valence-corrected chi connectivity index (χ1v) is 5.10. The standard InChI is InChI=1S/C12H15NO2/c1-15-10-5-3-2-4-9(10)8-11(14)12(13)6-7-12/h2-5H,6-8,13H2,1H3. The second kappa shape index (κ2) is 3.66. The maximum atomic E-state index is 11.8. The molecule has 0 atom stereocenters. The van der Waals surface area contributed by atoms with Gasteiger partial charge in [-0.3, -0.25) is 4.79 Å². The minimum absolute atomic E-state index is 0.118. The van der Waals surface area contributed by atoms with Crippen LogP contribution in [0.25, 0.3) is 0 Å². The fraction of sp³-hybridized carbons (Fsp3) is 0.417. The van der Waals surface area contributed by atoms with Crippen molar-refractivity contribution in [2.45, 2.75) is 24.8 Å². The van der Waals surface area contributed by atoms with Crippen LogP contribution in [0, 0.1) is 0 Å². The van der Waals surface area contributed by atoms with E-state index in [0.717, 1.165) is 24.2 Å². The summed E-state index contributed by atoms with van der Waals surface area (Å²) in [6.07, 6.45) is 2.02. The predicted octanol–water partition coefficient (Wildman–Crippen LogP) is 1.30. The molecule has 3 heteroatoms. The van der Waals surface area contributed by atoms with E-state index in [1.807, 2.05) is 24.3 Å². The highest BCUT2D eigenvalue weighted by molar-refractivity contribution is 5.93. The van der Waals surface area contributed by atoms with Gasteiger partial charge >= 0.3 is 0 Å². The lowest BCUT2D eigenvalue weighted by Gasteiger charge is -2.10. The Morgan fingerprint density at radius 2 is 2.13 bits per heavy atom. The molecule has 0 aliphatic heterocycles. The van der Waals surface area contributed by atoms with E-state index in [-0.39, 0.29) is 5.78 Å². The van der Waals surface area contributed by atoms with Crippen LogP contribution in [-0.2, 0) is 11.2 Å². The van der Waals surface area contributed by atoms with Gasteiger partial charge < -0.3 is 10.5 Å². The molecular weight excluding hydrogens is 190 g/mol. The zero-order chi connectivity index (χ0) is 10.9. The Balaban J connectivity index is 2.13. The lowest BCUT2D eigenvalue weighted by Crippen LogP contribution is -2.34. The Labute approximate surface area is 89.2 Å². The number of hydrogen-bond acceptors (Lipinski definition) is 3. The van der Waals surface area contributed by atoms with E-state index in [1.165, 1.54) is 0 Å². The monoisotopic (exact) mass is 205 g/mol. The van der Waals surface area contributed by atoms with Crippen LogP contribution in [0.2, 0.25) is 0 Å². The van der Waals surface area contributed by atoms with Crippen molar-refractivity contribution in [3.8, 4) is 5.75 Å². The highest BCUT2D eigenvalue weighted by Gasteiger charge is 2.45. The number of hydrogen-bond donors (Lipinski definition) is 1. The average molecular weight is 205 g/mol. The Morgan fingerprint density at radius 1 is 1.47 bits per heavy atom. The number of rotatable bonds is 4. The quantitative estimate of drug-likeness (QED) is 0.806. The van der Waals surface area contributed by atoms with Crippen LogP contribution in [0.3, 0.4) is 0 Å². The Kier molecular flexibility index (Phi) is 2.49. The van der Waals surface area contributed by atoms with Crippen molar-refractivity contribution in [1.82, 2.24) is 0 Å². The first-order chi connectivity index (χ1) is 7.15. The van der Waals surface area contributed by atoms with Gasteiger partial charge in [-0.25, -0.2) is 0 Å². The highest BCUT2D eigenvalue weighted by Crippen LogP contribution is 2.34. The smallest absolute Gasteiger partial charge is 0.157 e. The highest BCUT2D eigenvalue weighted by atomic mass is 16.5. The van der Waals surface area contributed by atoms with Crippen LogP contribution in [-0.4, -0.2) is 18.4 Å². The lowest BCUT2D eigenvalue weighted by molar-refractivity contribution is -0.120. The van der Waals surface area contributed by atoms with Crippen LogP contribution in [0.1, 0.15) is 18.4 Å². The third-order valence-corrected chi connectivity index (χ3v) is 2.89. The van der Waals surface area contributed by atoms with Gasteiger partial charge in [0, 0.05) is 12.0 Å². The summed E-state index contributed by atoms with van der Waals surface area (Å²) in [7, 11) is 1.61. The number of methoxy groups -OCH3 is 1. The summed E-state index contributed by atoms with van der Waals surface area (Å²) in [5, 5.41) is 0. The van der Waals surface area contributed by atoms with Gasteiger partial charge in [-0.1, -0.05) is 18.2 Å². The van der Waals surface area contributed by atoms with Gasteiger partial charge in [-0.15, -0.1) is 0 Å². The lowest BCUT2D eigenvalue weighted by atomic mass is 10.0. The van der Waals surface area contributed by atoms with Gasteiger partial charge in [0.05, 0.1) is 12.6 Å². The molecular formula is C12H15NO2. The summed E-state index contributed by atoms with van der Waals surface area (Å²) in [4.78, 5) is 11.8. The van der Waals surface area contributed by atoms with E-state index in [4.69, 9.17) is 10.5 Å². The number of Topliss-reactive ketones (excluding diaryl/α,β-unsaturated/α-hetero) is 1. The fourth-order valence-corrected chi connectivity index (χ4v) is 1.61. The third-order valence-electron chi connectivity index (χ3n) is 2.89. The summed E-state index contributed by atoms with van der Waals surface area (Å²) < 4.78 is 5.19. The summed E-state index contributed by atoms with van der Waals surface area (Å²) in [6.45, 7) is 0. The van der Waals surface area contributed by atoms with Gasteiger partial charge in [0.1, 0.15) is 5.75 Å². The summed E-state index contributed by atoms with van der Waals surface area (Å²) >= 11 is 0. The number of carbonyl (C=O) groups is 1. The molecule has 0 saturated heterocycles. The maximum absolute atomic E-state index is 11.8. The Bertz CT molecular complexity index is 383. The molecule has 0 bridgehead atoms. The molecule has 1 aliphatic rings. The second-order valence-corrected chi connectivity index (χ2v) is 4.07. The molecule has 2 rings (SSSR count). The fourth-order valence-electron chi connectivity index (χ4n) is 1.61. The minimum Gasteiger partial charge on any atom is -0.496 e. The van der Waals surface area contributed by atoms with Crippen LogP contribution in [0.5, 0.6) is 5.75 Å². The zero-order valence-corrected chi connectivity index (χ0v) is 8.82. The van der Waals surface area contributed by atoms with Gasteiger partial charge in [-0.2, -0.15) is 0 Å². The molecule has 2 N–H and O–H groups in total. The van der Waals surface area contributed by atoms with Gasteiger partial charge in [-0.05, 0) is 18.9 Å². The van der Waals surface area contributed by atoms with Crippen molar-refractivity contribution in [2.75, 3.05) is 7.11 Å². The zero-order valence-electron chi connectivity index (χ0n) is 8.82. The number of ether oxygens (including phenoxy) is 1. The van der Waals surface area contributed by atoms with Gasteiger partial charge in [0.2, 0.25) is 0 Å². The van der Waals surface area contributed by atoms with Gasteiger partial charge in [0.25, 0.3) is 0 Å². The van der Waals surface area contributed by atoms with Crippen LogP contribution >= 0.6 is 0 Å². The van der Waals surface area contributed by atoms with E-state index >= 15 is 0 Å². The van der Waals surface area contributed by atoms with Crippen LogP contribution in [0.15, 0.2) is 24.3 Å². The van der Waals surface area contributed by atoms with Crippen LogP contribution in [0.4, 0.5) is 0 Å². The SMILES string of the molecule is COc1ccccc1CC(=O)C1(N)CC1. The molecule has 0 unspecified atom stereocenters. The molecule has 0 radical (unpaired) electrons. The van der Waals surface area contributed by atoms with Crippen molar-refractivity contribution < 1.29 is 9.53 Å². The second-order valence-electron chi connectivity index (χ2n) is 4.07. The van der Waals surface area contributed by atoms with E-state index in [2.05, 4.69) is 0 Å². The molecule has 15 heavy (non-hydrogen) atoms. The molecule has 0 aromatic heterocycles. The van der Waals surface area contributed by atoms with E-state index in [0.29, 0.717) is 6.42 Å². The largest absolute Gasteiger partial charge is 0.496 e. The molecule has 80 valence electrons. The molecule has 3 nitrogen and oxygen atoms in total. The maximum Gasteiger partial charge on any atom is 0.157 e. The van der Waals surface area contributed by atoms with Crippen molar-refractivity contribution in [3.05, 3.63) is 29.8 Å². The molecule has 0 amide bonds. The molecule has 1 aromatic rings. The minimum atomic E-state index is -0.541. The normalized spacial score (nSPS) is 17.2. The van der Waals surface area contributed by atoms with Crippen molar-refractivity contribution in [2.24, 2.45) is 5.73 Å². The number of ketones is 1. The van der Waals surface area contributed by atoms with Crippen molar-refractivity contribution in [1.29, 1.82) is 0 Å². The molecule has 1 fully saturated rings. The first kappa shape index (κ1) is 10.2. The third kappa shape index (κ3) is 2.02. The number of carbonyl (C=O) groups excluding carboxylic acids is 1. The molecule has 0 spiro atoms. The first-order valence-electron chi connectivity index (χ1n) is 5.10. The predicted molar refractivity (Wildman–Crippen MR) is 57.9 cm³/mol. The van der Waals surface area contributed by atoms with E-state index < -0.39 is 5.54 Å². The molecule has 0 heterocycles. The van der Waals surface area contributed by atoms with Crippen LogP contribution < -0.4 is 10.5 Å². The van der Waals surface area contributed by atoms with Crippen molar-refractivity contribution >= 4 is 5.78 Å². The van der Waals surface area contributed by atoms with E-state index in [1.54, 1.807) is 7.11 Å². The number of para-hydroxylation sites is 1. The number of nitrogens with two attached hydrogens (primary N) is 1. The number of benzene rings is 1. The Hall–Kier alpha value is -1.35. The van der Waals surface area contributed by atoms with Gasteiger partial charge in [0.15, 0.2) is 5.78 Å². The summed E-state index contributed by atoms with van der Waals surface area (Å²) in [5.74, 6) is 0.877. The van der Waals surface area contributed by atoms with Crippen molar-refractivity contribution in [3.63, 3.8) is 0 Å². The topological polar surface area (TPSA) is 52.3 Å². The van der Waals surface area contributed by atoms with E-state index in [9.17, 15) is 4.79 Å². The average Bonchev–Trinajstić information content (AvgIpc) is 2.99. The molecule has 1 aliphatic carbocycles. The molecule has 1 saturated carbocycles.